The summed E-state index contributed by atoms with van der Waals surface area (Å²) in [4.78, 5) is 42.3. The van der Waals surface area contributed by atoms with Crippen molar-refractivity contribution in [1.29, 1.82) is 0 Å². The van der Waals surface area contributed by atoms with E-state index in [4.69, 9.17) is 9.47 Å². The van der Waals surface area contributed by atoms with Crippen LogP contribution in [0.1, 0.15) is 36.7 Å². The van der Waals surface area contributed by atoms with Crippen molar-refractivity contribution in [2.45, 2.75) is 32.4 Å². The zero-order chi connectivity index (χ0) is 23.3. The summed E-state index contributed by atoms with van der Waals surface area (Å²) < 4.78 is 11.0. The van der Waals surface area contributed by atoms with Gasteiger partial charge in [0.15, 0.2) is 11.5 Å². The summed E-state index contributed by atoms with van der Waals surface area (Å²) in [7, 11) is 1.69. The molecule has 8 nitrogen and oxygen atoms in total. The molecule has 1 fully saturated rings. The minimum Gasteiger partial charge on any atom is -0.454 e. The largest absolute Gasteiger partial charge is 0.454 e. The number of rotatable bonds is 1. The lowest BCUT2D eigenvalue weighted by Gasteiger charge is -2.46. The van der Waals surface area contributed by atoms with Gasteiger partial charge in [-0.3, -0.25) is 9.59 Å². The van der Waals surface area contributed by atoms with E-state index in [0.717, 1.165) is 27.7 Å². The molecule has 0 radical (unpaired) electrons. The van der Waals surface area contributed by atoms with Gasteiger partial charge in [0.2, 0.25) is 18.6 Å². The number of Topliss-reactive ketones (excluding diaryl/α,β-unsaturated/α-hetero) is 1. The second kappa shape index (κ2) is 7.95. The first kappa shape index (κ1) is 21.1. The molecule has 170 valence electrons. The van der Waals surface area contributed by atoms with Crippen LogP contribution in [0.25, 0.3) is 10.9 Å². The Hall–Kier alpha value is -3.81. The highest BCUT2D eigenvalue weighted by molar-refractivity contribution is 5.97. The SMILES string of the molecule is CC(C)=O.CN1CC(=O)N2[C@H](c3ccc4c(c3)OCO4)c3[nH]c4ccccc4c3C[C@@H]2C1=O. The molecular formula is C25H25N3O5. The number of ketones is 1. The molecule has 1 aromatic heterocycles. The number of hydrogen-bond acceptors (Lipinski definition) is 5. The maximum Gasteiger partial charge on any atom is 0.245 e. The summed E-state index contributed by atoms with van der Waals surface area (Å²) in [5.41, 5.74) is 3.97. The molecule has 3 aliphatic rings. The van der Waals surface area contributed by atoms with Gasteiger partial charge in [-0.05, 0) is 43.2 Å². The molecule has 1 saturated heterocycles. The van der Waals surface area contributed by atoms with E-state index in [2.05, 4.69) is 11.1 Å². The van der Waals surface area contributed by atoms with E-state index in [1.807, 2.05) is 36.4 Å². The maximum atomic E-state index is 13.1. The summed E-state index contributed by atoms with van der Waals surface area (Å²) in [5.74, 6) is 1.45. The minimum atomic E-state index is -0.511. The number of ether oxygens (including phenoxy) is 2. The number of aromatic nitrogens is 1. The third-order valence-corrected chi connectivity index (χ3v) is 6.17. The Balaban J connectivity index is 0.000000531. The smallest absolute Gasteiger partial charge is 0.245 e. The van der Waals surface area contributed by atoms with E-state index in [-0.39, 0.29) is 37.0 Å². The normalized spacial score (nSPS) is 20.8. The molecule has 2 atom stereocenters. The number of carbonyl (C=O) groups excluding carboxylic acids is 3. The van der Waals surface area contributed by atoms with Crippen molar-refractivity contribution in [2.75, 3.05) is 20.4 Å². The molecule has 0 bridgehead atoms. The van der Waals surface area contributed by atoms with Crippen LogP contribution in [0.2, 0.25) is 0 Å². The summed E-state index contributed by atoms with van der Waals surface area (Å²) in [6, 6.07) is 12.9. The van der Waals surface area contributed by atoms with Crippen LogP contribution in [0, 0.1) is 0 Å². The second-order valence-corrected chi connectivity index (χ2v) is 8.70. The monoisotopic (exact) mass is 447 g/mol. The molecule has 4 heterocycles. The molecule has 3 aromatic rings. The van der Waals surface area contributed by atoms with Gasteiger partial charge in [-0.2, -0.15) is 0 Å². The van der Waals surface area contributed by atoms with Gasteiger partial charge in [0.25, 0.3) is 0 Å². The summed E-state index contributed by atoms with van der Waals surface area (Å²) in [5, 5.41) is 1.10. The number of aromatic amines is 1. The Labute approximate surface area is 191 Å². The Morgan fingerprint density at radius 3 is 2.58 bits per heavy atom. The van der Waals surface area contributed by atoms with Crippen molar-refractivity contribution in [3.8, 4) is 11.5 Å². The fraction of sp³-hybridized carbons (Fsp3) is 0.320. The lowest BCUT2D eigenvalue weighted by molar-refractivity contribution is -0.157. The molecule has 3 aliphatic heterocycles. The number of benzene rings is 2. The molecule has 2 amide bonds. The predicted molar refractivity (Wildman–Crippen MR) is 121 cm³/mol. The predicted octanol–water partition coefficient (Wildman–Crippen LogP) is 2.81. The van der Waals surface area contributed by atoms with Crippen molar-refractivity contribution < 1.29 is 23.9 Å². The zero-order valence-electron chi connectivity index (χ0n) is 18.8. The quantitative estimate of drug-likeness (QED) is 0.619. The van der Waals surface area contributed by atoms with Crippen LogP contribution in [-0.2, 0) is 20.8 Å². The molecule has 0 aliphatic carbocycles. The molecule has 2 aromatic carbocycles. The molecule has 0 saturated carbocycles. The standard InChI is InChI=1S/C22H19N3O4.C3H6O/c1-24-10-19(26)25-16(22(24)27)9-14-13-4-2-3-5-15(13)23-20(14)21(25)12-6-7-17-18(8-12)29-11-28-17;1-3(2)4/h2-8,16,21,23H,9-11H2,1H3;1-2H3/t16-,21-;/m1./s1. The molecule has 8 heteroatoms. The molecule has 0 spiro atoms. The minimum absolute atomic E-state index is 0.0220. The number of nitrogens with zero attached hydrogens (tertiary/aromatic N) is 2. The highest BCUT2D eigenvalue weighted by Gasteiger charge is 2.47. The Morgan fingerprint density at radius 2 is 1.79 bits per heavy atom. The average molecular weight is 447 g/mol. The van der Waals surface area contributed by atoms with Crippen molar-refractivity contribution in [1.82, 2.24) is 14.8 Å². The summed E-state index contributed by atoms with van der Waals surface area (Å²) in [6.07, 6.45) is 0.509. The van der Waals surface area contributed by atoms with Crippen molar-refractivity contribution in [3.05, 3.63) is 59.3 Å². The van der Waals surface area contributed by atoms with Crippen LogP contribution in [0.5, 0.6) is 11.5 Å². The van der Waals surface area contributed by atoms with Crippen LogP contribution < -0.4 is 9.47 Å². The Kier molecular flexibility index (Phi) is 5.08. The number of piperazine rings is 1. The molecule has 33 heavy (non-hydrogen) atoms. The van der Waals surface area contributed by atoms with Gasteiger partial charge in [-0.25, -0.2) is 0 Å². The van der Waals surface area contributed by atoms with Crippen molar-refractivity contribution in [2.24, 2.45) is 0 Å². The van der Waals surface area contributed by atoms with E-state index in [9.17, 15) is 14.4 Å². The average Bonchev–Trinajstić information content (AvgIpc) is 3.39. The number of nitrogens with one attached hydrogen (secondary N) is 1. The lowest BCUT2D eigenvalue weighted by Crippen LogP contribution is -2.62. The number of para-hydroxylation sites is 1. The van der Waals surface area contributed by atoms with E-state index in [0.29, 0.717) is 17.9 Å². The van der Waals surface area contributed by atoms with Crippen LogP contribution in [0.3, 0.4) is 0 Å². The van der Waals surface area contributed by atoms with Crippen LogP contribution >= 0.6 is 0 Å². The Bertz CT molecular complexity index is 1280. The van der Waals surface area contributed by atoms with Gasteiger partial charge in [0, 0.05) is 30.1 Å². The van der Waals surface area contributed by atoms with Gasteiger partial charge in [-0.1, -0.05) is 24.3 Å². The number of H-pyrrole nitrogens is 1. The topological polar surface area (TPSA) is 91.9 Å². The first-order valence-corrected chi connectivity index (χ1v) is 10.9. The van der Waals surface area contributed by atoms with Crippen LogP contribution in [-0.4, -0.2) is 58.8 Å². The van der Waals surface area contributed by atoms with E-state index < -0.39 is 6.04 Å². The molecule has 6 rings (SSSR count). The third kappa shape index (κ3) is 3.51. The van der Waals surface area contributed by atoms with Crippen LogP contribution in [0.15, 0.2) is 42.5 Å². The van der Waals surface area contributed by atoms with E-state index in [1.165, 1.54) is 18.7 Å². The molecule has 1 N–H and O–H groups in total. The lowest BCUT2D eigenvalue weighted by atomic mass is 9.86. The Morgan fingerprint density at radius 1 is 1.06 bits per heavy atom. The summed E-state index contributed by atoms with van der Waals surface area (Å²) >= 11 is 0. The maximum absolute atomic E-state index is 13.1. The van der Waals surface area contributed by atoms with E-state index in [1.54, 1.807) is 11.9 Å². The van der Waals surface area contributed by atoms with Gasteiger partial charge in [0.05, 0.1) is 12.6 Å². The molecular weight excluding hydrogens is 422 g/mol. The third-order valence-electron chi connectivity index (χ3n) is 6.17. The van der Waals surface area contributed by atoms with Crippen LogP contribution in [0.4, 0.5) is 0 Å². The zero-order valence-corrected chi connectivity index (χ0v) is 18.8. The van der Waals surface area contributed by atoms with Gasteiger partial charge in [-0.15, -0.1) is 0 Å². The van der Waals surface area contributed by atoms with Crippen molar-refractivity contribution >= 4 is 28.5 Å². The number of carbonyl (C=O) groups is 3. The fourth-order valence-corrected chi connectivity index (χ4v) is 4.84. The number of likely N-dealkylation sites (N-methyl/N-ethyl adjacent to an activating group) is 1. The fourth-order valence-electron chi connectivity index (χ4n) is 4.84. The number of amides is 2. The number of hydrogen-bond donors (Lipinski definition) is 1. The molecule has 0 unspecified atom stereocenters. The number of fused-ring (bicyclic) bond motifs is 5. The first-order valence-electron chi connectivity index (χ1n) is 10.9. The van der Waals surface area contributed by atoms with Crippen molar-refractivity contribution in [3.63, 3.8) is 0 Å². The summed E-state index contributed by atoms with van der Waals surface area (Å²) in [6.45, 7) is 3.33. The van der Waals surface area contributed by atoms with Gasteiger partial charge in [0.1, 0.15) is 11.8 Å². The van der Waals surface area contributed by atoms with Gasteiger partial charge >= 0.3 is 0 Å². The first-order chi connectivity index (χ1) is 15.8. The highest BCUT2D eigenvalue weighted by atomic mass is 16.7. The van der Waals surface area contributed by atoms with E-state index >= 15 is 0 Å². The van der Waals surface area contributed by atoms with Gasteiger partial charge < -0.3 is 29.1 Å². The highest BCUT2D eigenvalue weighted by Crippen LogP contribution is 2.44. The second-order valence-electron chi connectivity index (χ2n) is 8.70.